The Morgan fingerprint density at radius 2 is 1.54 bits per heavy atom. The summed E-state index contributed by atoms with van der Waals surface area (Å²) in [4.78, 5) is 119. The number of nitrogens with two attached hydrogens (primary N) is 3. The molecule has 72 heavy (non-hydrogen) atoms. The molecule has 5 rings (SSSR count). The number of H-pyrrole nitrogens is 1. The number of carbonyl (C=O) groups is 8. The lowest BCUT2D eigenvalue weighted by atomic mass is 9.99. The van der Waals surface area contributed by atoms with Crippen molar-refractivity contribution in [1.82, 2.24) is 36.1 Å². The minimum Gasteiger partial charge on any atom is -0.508 e. The lowest BCUT2D eigenvalue weighted by Crippen LogP contribution is -2.56. The van der Waals surface area contributed by atoms with Gasteiger partial charge in [0, 0.05) is 49.1 Å². The summed E-state index contributed by atoms with van der Waals surface area (Å²) >= 11 is 0. The van der Waals surface area contributed by atoms with E-state index in [2.05, 4.69) is 41.5 Å². The van der Waals surface area contributed by atoms with E-state index >= 15 is 0 Å². The molecule has 1 aliphatic rings. The van der Waals surface area contributed by atoms with E-state index in [9.17, 15) is 48.6 Å². The van der Waals surface area contributed by atoms with Gasteiger partial charge in [0.1, 0.15) is 36.0 Å². The number of likely N-dealkylation sites (tertiary alicyclic amines) is 1. The van der Waals surface area contributed by atoms with Crippen molar-refractivity contribution in [3.63, 3.8) is 0 Å². The minimum absolute atomic E-state index is 0.0105. The number of amides is 6. The number of imidazole rings is 1. The molecule has 6 amide bonds. The van der Waals surface area contributed by atoms with Crippen molar-refractivity contribution in [2.45, 2.75) is 101 Å². The lowest BCUT2D eigenvalue weighted by Gasteiger charge is -2.29. The third kappa shape index (κ3) is 16.4. The fourth-order valence-corrected chi connectivity index (χ4v) is 8.07. The van der Waals surface area contributed by atoms with Crippen LogP contribution in [0.15, 0.2) is 90.3 Å². The fourth-order valence-electron chi connectivity index (χ4n) is 8.07. The van der Waals surface area contributed by atoms with Crippen LogP contribution in [0.25, 0.3) is 0 Å². The van der Waals surface area contributed by atoms with Crippen molar-refractivity contribution in [1.29, 1.82) is 0 Å². The van der Waals surface area contributed by atoms with E-state index in [1.807, 2.05) is 0 Å². The maximum atomic E-state index is 14.5. The Labute approximate surface area is 414 Å². The third-order valence-electron chi connectivity index (χ3n) is 11.7. The van der Waals surface area contributed by atoms with Crippen LogP contribution in [0.1, 0.15) is 78.7 Å². The number of hydrogen-bond donors (Lipinski definition) is 12. The topological polar surface area (TPSA) is 380 Å². The number of aromatic hydroxyl groups is 1. The van der Waals surface area contributed by atoms with Crippen molar-refractivity contribution in [2.24, 2.45) is 28.1 Å². The number of hydrogen-bond acceptors (Lipinski definition) is 12. The number of anilines is 1. The van der Waals surface area contributed by atoms with E-state index in [0.717, 1.165) is 5.56 Å². The van der Waals surface area contributed by atoms with Gasteiger partial charge >= 0.3 is 11.9 Å². The molecule has 0 spiro atoms. The molecule has 384 valence electrons. The normalized spacial score (nSPS) is 15.2. The van der Waals surface area contributed by atoms with Crippen LogP contribution in [0.5, 0.6) is 5.75 Å². The molecule has 0 radical (unpaired) electrons. The summed E-state index contributed by atoms with van der Waals surface area (Å²) in [5.41, 5.74) is 19.2. The number of carboxylic acid groups (broad SMARTS) is 2. The van der Waals surface area contributed by atoms with E-state index in [4.69, 9.17) is 22.3 Å². The van der Waals surface area contributed by atoms with Gasteiger partial charge in [0.2, 0.25) is 29.5 Å². The van der Waals surface area contributed by atoms with Gasteiger partial charge < -0.3 is 69.0 Å². The van der Waals surface area contributed by atoms with Crippen molar-refractivity contribution < 1.29 is 53.7 Å². The van der Waals surface area contributed by atoms with Crippen molar-refractivity contribution in [3.05, 3.63) is 113 Å². The summed E-state index contributed by atoms with van der Waals surface area (Å²) in [7, 11) is 0. The van der Waals surface area contributed by atoms with Crippen LogP contribution in [-0.4, -0.2) is 133 Å². The van der Waals surface area contributed by atoms with E-state index in [0.29, 0.717) is 23.2 Å². The van der Waals surface area contributed by atoms with Gasteiger partial charge in [0.25, 0.3) is 5.91 Å². The summed E-state index contributed by atoms with van der Waals surface area (Å²) in [6.07, 6.45) is 3.19. The Bertz CT molecular complexity index is 2570. The highest BCUT2D eigenvalue weighted by molar-refractivity contribution is 6.02. The molecule has 0 bridgehead atoms. The molecular weight excluding hydrogens is 933 g/mol. The predicted octanol–water partition coefficient (Wildman–Crippen LogP) is 0.270. The Morgan fingerprint density at radius 1 is 0.819 bits per heavy atom. The molecule has 23 nitrogen and oxygen atoms in total. The van der Waals surface area contributed by atoms with Gasteiger partial charge in [-0.2, -0.15) is 0 Å². The molecule has 4 aromatic rings. The van der Waals surface area contributed by atoms with Crippen LogP contribution in [0.4, 0.5) is 5.69 Å². The van der Waals surface area contributed by atoms with E-state index in [-0.39, 0.29) is 74.6 Å². The second kappa shape index (κ2) is 26.0. The van der Waals surface area contributed by atoms with Crippen LogP contribution in [-0.2, 0) is 52.8 Å². The zero-order valence-corrected chi connectivity index (χ0v) is 39.9. The smallest absolute Gasteiger partial charge is 0.326 e. The van der Waals surface area contributed by atoms with Crippen LogP contribution < -0.4 is 43.8 Å². The number of phenolic OH excluding ortho intramolecular Hbond substituents is 1. The minimum atomic E-state index is -1.48. The number of aliphatic carboxylic acids is 2. The molecule has 1 aliphatic heterocycles. The SMILES string of the molecule is CC(C)[C@H](NC(=O)[C@H](CCCN=C(N)N)NC(=O)[C@@H](N)CC(=O)O)C(=O)Nc1cc(Cc2ccc(O)cc2)cc(C(=O)N[C@@H](Cc2cnc[nH]2)C(=O)N2CCC[C@H]2C(=O)N[C@@H](Cc2ccccc2)C(=O)O)c1. The van der Waals surface area contributed by atoms with Gasteiger partial charge in [-0.3, -0.25) is 38.6 Å². The molecule has 1 fully saturated rings. The average Bonchev–Trinajstić information content (AvgIpc) is 4.05. The number of benzene rings is 3. The summed E-state index contributed by atoms with van der Waals surface area (Å²) in [5, 5.41) is 42.4. The van der Waals surface area contributed by atoms with Gasteiger partial charge in [-0.25, -0.2) is 9.78 Å². The number of guanidine groups is 1. The molecule has 15 N–H and O–H groups in total. The van der Waals surface area contributed by atoms with Gasteiger partial charge in [0.05, 0.1) is 18.8 Å². The van der Waals surface area contributed by atoms with E-state index in [1.54, 1.807) is 68.4 Å². The highest BCUT2D eigenvalue weighted by Crippen LogP contribution is 2.23. The second-order valence-corrected chi connectivity index (χ2v) is 17.8. The molecule has 1 aromatic heterocycles. The number of phenols is 1. The summed E-state index contributed by atoms with van der Waals surface area (Å²) in [6, 6.07) is 12.1. The van der Waals surface area contributed by atoms with Crippen LogP contribution in [0.3, 0.4) is 0 Å². The first-order chi connectivity index (χ1) is 34.3. The highest BCUT2D eigenvalue weighted by Gasteiger charge is 2.39. The maximum absolute atomic E-state index is 14.5. The number of rotatable bonds is 25. The largest absolute Gasteiger partial charge is 0.508 e. The Kier molecular flexibility index (Phi) is 19.7. The lowest BCUT2D eigenvalue weighted by molar-refractivity contribution is -0.144. The summed E-state index contributed by atoms with van der Waals surface area (Å²) in [6.45, 7) is 3.57. The standard InChI is InChI=1S/C49H62N12O11/c1-27(2)41(60-44(67)36(10-6-16-54-49(51)52)57-43(66)35(50)24-40(63)64)46(69)56-32-20-30(18-29-12-14-34(62)15-13-29)19-31(22-32)42(65)58-37(23-33-25-53-26-55-33)47(70)61-17-7-11-39(61)45(68)59-38(48(71)72)21-28-8-4-3-5-9-28/h3-5,8-9,12-15,19-20,22,25-27,35-39,41,62H,6-7,10-11,16-18,21,23-24,50H2,1-2H3,(H,53,55)(H,56,69)(H,57,66)(H,58,65)(H,59,68)(H,60,67)(H,63,64)(H,71,72)(H4,51,52,54)/t35-,36-,37-,38-,39-,41-/m0/s1. The van der Waals surface area contributed by atoms with Gasteiger partial charge in [-0.1, -0.05) is 56.3 Å². The molecule has 23 heteroatoms. The van der Waals surface area contributed by atoms with Crippen molar-refractivity contribution >= 4 is 59.0 Å². The van der Waals surface area contributed by atoms with Crippen LogP contribution in [0, 0.1) is 5.92 Å². The van der Waals surface area contributed by atoms with Crippen LogP contribution >= 0.6 is 0 Å². The zero-order chi connectivity index (χ0) is 52.5. The number of nitrogens with zero attached hydrogens (tertiary/aromatic N) is 3. The Hall–Kier alpha value is -8.34. The molecule has 6 atom stereocenters. The summed E-state index contributed by atoms with van der Waals surface area (Å²) in [5.74, 6) is -7.70. The first-order valence-corrected chi connectivity index (χ1v) is 23.3. The second-order valence-electron chi connectivity index (χ2n) is 17.8. The monoisotopic (exact) mass is 994 g/mol. The molecular formula is C49H62N12O11. The molecule has 0 aliphatic carbocycles. The van der Waals surface area contributed by atoms with E-state index < -0.39 is 96.0 Å². The molecule has 2 heterocycles. The number of carbonyl (C=O) groups excluding carboxylic acids is 6. The average molecular weight is 995 g/mol. The van der Waals surface area contributed by atoms with E-state index in [1.165, 1.54) is 35.6 Å². The van der Waals surface area contributed by atoms with Crippen molar-refractivity contribution in [2.75, 3.05) is 18.4 Å². The highest BCUT2D eigenvalue weighted by atomic mass is 16.4. The predicted molar refractivity (Wildman–Crippen MR) is 263 cm³/mol. The van der Waals surface area contributed by atoms with Gasteiger partial charge in [-0.15, -0.1) is 0 Å². The summed E-state index contributed by atoms with van der Waals surface area (Å²) < 4.78 is 0. The first kappa shape index (κ1) is 54.6. The molecule has 1 saturated heterocycles. The maximum Gasteiger partial charge on any atom is 0.326 e. The first-order valence-electron chi connectivity index (χ1n) is 23.3. The number of nitrogens with one attached hydrogen (secondary N) is 6. The number of aliphatic imine (C=N–C) groups is 1. The number of carboxylic acids is 2. The number of aromatic amines is 1. The quantitative estimate of drug-likeness (QED) is 0.0241. The molecule has 0 unspecified atom stereocenters. The molecule has 0 saturated carbocycles. The number of aromatic nitrogens is 2. The Morgan fingerprint density at radius 3 is 2.18 bits per heavy atom. The van der Waals surface area contributed by atoms with Crippen LogP contribution in [0.2, 0.25) is 0 Å². The Balaban J connectivity index is 1.40. The fraction of sp³-hybridized carbons (Fsp3) is 0.388. The zero-order valence-electron chi connectivity index (χ0n) is 39.9. The van der Waals surface area contributed by atoms with Gasteiger partial charge in [0.15, 0.2) is 5.96 Å². The van der Waals surface area contributed by atoms with Crippen molar-refractivity contribution in [3.8, 4) is 5.75 Å². The third-order valence-corrected chi connectivity index (χ3v) is 11.7. The van der Waals surface area contributed by atoms with Gasteiger partial charge in [-0.05, 0) is 85.0 Å². The molecule has 3 aromatic carbocycles.